The highest BCUT2D eigenvalue weighted by molar-refractivity contribution is 7.92. The molecule has 2 rings (SSSR count). The Hall–Kier alpha value is -2.68. The van der Waals surface area contributed by atoms with Gasteiger partial charge in [-0.2, -0.15) is 0 Å². The number of aromatic nitrogens is 2. The molecule has 0 unspecified atom stereocenters. The number of nitrogen functional groups attached to an aromatic ring is 1. The molecule has 0 spiro atoms. The van der Waals surface area contributed by atoms with Crippen LogP contribution in [0.3, 0.4) is 0 Å². The lowest BCUT2D eigenvalue weighted by atomic mass is 10.2. The van der Waals surface area contributed by atoms with E-state index in [1.165, 1.54) is 36.9 Å². The Labute approximate surface area is 114 Å². The first-order valence-electron chi connectivity index (χ1n) is 5.37. The molecule has 0 fully saturated rings. The fourth-order valence-electron chi connectivity index (χ4n) is 1.51. The predicted octanol–water partition coefficient (Wildman–Crippen LogP) is -0.0415. The van der Waals surface area contributed by atoms with Crippen molar-refractivity contribution in [1.29, 1.82) is 0 Å². The van der Waals surface area contributed by atoms with E-state index in [0.717, 1.165) is 0 Å². The van der Waals surface area contributed by atoms with Crippen LogP contribution in [0.5, 0.6) is 0 Å². The number of sulfonamides is 1. The van der Waals surface area contributed by atoms with Crippen molar-refractivity contribution in [3.63, 3.8) is 0 Å². The molecule has 0 saturated carbocycles. The normalized spacial score (nSPS) is 11.0. The lowest BCUT2D eigenvalue weighted by molar-refractivity contribution is 0.1000. The summed E-state index contributed by atoms with van der Waals surface area (Å²) in [7, 11) is -3.89. The van der Waals surface area contributed by atoms with Crippen LogP contribution < -0.4 is 16.2 Å². The number of rotatable bonds is 4. The van der Waals surface area contributed by atoms with Gasteiger partial charge in [0.25, 0.3) is 10.0 Å². The van der Waals surface area contributed by atoms with Gasteiger partial charge in [-0.25, -0.2) is 18.4 Å². The van der Waals surface area contributed by atoms with Gasteiger partial charge in [-0.15, -0.1) is 0 Å². The Morgan fingerprint density at radius 2 is 1.85 bits per heavy atom. The minimum atomic E-state index is -3.89. The SMILES string of the molecule is NC(=O)c1ccc(S(=O)(=O)Nc2cncnc2)c(N)c1. The van der Waals surface area contributed by atoms with Crippen LogP contribution in [-0.4, -0.2) is 24.3 Å². The highest BCUT2D eigenvalue weighted by Gasteiger charge is 2.18. The molecule has 1 aromatic carbocycles. The summed E-state index contributed by atoms with van der Waals surface area (Å²) >= 11 is 0. The molecule has 0 bridgehead atoms. The summed E-state index contributed by atoms with van der Waals surface area (Å²) in [4.78, 5) is 18.2. The summed E-state index contributed by atoms with van der Waals surface area (Å²) in [6, 6.07) is 3.70. The average molecular weight is 293 g/mol. The smallest absolute Gasteiger partial charge is 0.264 e. The molecule has 0 saturated heterocycles. The number of nitrogens with one attached hydrogen (secondary N) is 1. The van der Waals surface area contributed by atoms with E-state index in [4.69, 9.17) is 11.5 Å². The number of benzene rings is 1. The van der Waals surface area contributed by atoms with Crippen LogP contribution in [0.15, 0.2) is 41.8 Å². The van der Waals surface area contributed by atoms with Crippen molar-refractivity contribution >= 4 is 27.3 Å². The van der Waals surface area contributed by atoms with Crippen LogP contribution in [-0.2, 0) is 10.0 Å². The van der Waals surface area contributed by atoms with Gasteiger partial charge >= 0.3 is 0 Å². The van der Waals surface area contributed by atoms with E-state index < -0.39 is 15.9 Å². The first-order chi connectivity index (χ1) is 9.40. The summed E-state index contributed by atoms with van der Waals surface area (Å²) in [6.45, 7) is 0. The highest BCUT2D eigenvalue weighted by atomic mass is 32.2. The van der Waals surface area contributed by atoms with Gasteiger partial charge in [0.1, 0.15) is 11.2 Å². The number of amides is 1. The van der Waals surface area contributed by atoms with E-state index in [9.17, 15) is 13.2 Å². The molecule has 104 valence electrons. The molecule has 0 aliphatic rings. The molecule has 0 aliphatic carbocycles. The van der Waals surface area contributed by atoms with Crippen molar-refractivity contribution in [2.24, 2.45) is 5.73 Å². The van der Waals surface area contributed by atoms with E-state index in [1.54, 1.807) is 0 Å². The second-order valence-electron chi connectivity index (χ2n) is 3.85. The van der Waals surface area contributed by atoms with Gasteiger partial charge in [0.2, 0.25) is 5.91 Å². The largest absolute Gasteiger partial charge is 0.398 e. The Morgan fingerprint density at radius 1 is 1.20 bits per heavy atom. The van der Waals surface area contributed by atoms with Gasteiger partial charge in [-0.05, 0) is 18.2 Å². The maximum absolute atomic E-state index is 12.1. The number of primary amides is 1. The third kappa shape index (κ3) is 2.83. The first-order valence-corrected chi connectivity index (χ1v) is 6.85. The highest BCUT2D eigenvalue weighted by Crippen LogP contribution is 2.22. The number of hydrogen-bond acceptors (Lipinski definition) is 6. The summed E-state index contributed by atoms with van der Waals surface area (Å²) in [5.74, 6) is -0.690. The molecule has 1 amide bonds. The summed E-state index contributed by atoms with van der Waals surface area (Å²) in [5, 5.41) is 0. The molecule has 0 atom stereocenters. The van der Waals surface area contributed by atoms with Crippen molar-refractivity contribution in [3.05, 3.63) is 42.5 Å². The first kappa shape index (κ1) is 13.7. The van der Waals surface area contributed by atoms with E-state index in [0.29, 0.717) is 0 Å². The number of nitrogens with zero attached hydrogens (tertiary/aromatic N) is 2. The fourth-order valence-corrected chi connectivity index (χ4v) is 2.65. The molecular formula is C11H11N5O3S. The molecular weight excluding hydrogens is 282 g/mol. The third-order valence-corrected chi connectivity index (χ3v) is 3.85. The summed E-state index contributed by atoms with van der Waals surface area (Å²) in [6.07, 6.45) is 3.88. The Kier molecular flexibility index (Phi) is 3.53. The maximum atomic E-state index is 12.1. The quantitative estimate of drug-likeness (QED) is 0.675. The van der Waals surface area contributed by atoms with Crippen LogP contribution in [0.25, 0.3) is 0 Å². The van der Waals surface area contributed by atoms with Gasteiger partial charge in [-0.3, -0.25) is 9.52 Å². The van der Waals surface area contributed by atoms with Gasteiger partial charge in [0.05, 0.1) is 23.8 Å². The molecule has 1 aromatic heterocycles. The number of nitrogens with two attached hydrogens (primary N) is 2. The van der Waals surface area contributed by atoms with Crippen molar-refractivity contribution in [1.82, 2.24) is 9.97 Å². The molecule has 20 heavy (non-hydrogen) atoms. The summed E-state index contributed by atoms with van der Waals surface area (Å²) < 4.78 is 26.6. The third-order valence-electron chi connectivity index (χ3n) is 2.40. The Balaban J connectivity index is 2.37. The number of carbonyl (C=O) groups is 1. The van der Waals surface area contributed by atoms with Crippen LogP contribution in [0.2, 0.25) is 0 Å². The van der Waals surface area contributed by atoms with Gasteiger partial charge in [0, 0.05) is 5.56 Å². The number of hydrogen-bond donors (Lipinski definition) is 3. The fraction of sp³-hybridized carbons (Fsp3) is 0. The monoisotopic (exact) mass is 293 g/mol. The van der Waals surface area contributed by atoms with Crippen LogP contribution >= 0.6 is 0 Å². The standard InChI is InChI=1S/C11H11N5O3S/c12-9-3-7(11(13)17)1-2-10(9)20(18,19)16-8-4-14-6-15-5-8/h1-6,16H,12H2,(H2,13,17). The topological polar surface area (TPSA) is 141 Å². The van der Waals surface area contributed by atoms with E-state index in [1.807, 2.05) is 0 Å². The van der Waals surface area contributed by atoms with Crippen LogP contribution in [0.1, 0.15) is 10.4 Å². The number of anilines is 2. The molecule has 5 N–H and O–H groups in total. The molecule has 8 nitrogen and oxygen atoms in total. The zero-order valence-electron chi connectivity index (χ0n) is 10.1. The minimum Gasteiger partial charge on any atom is -0.398 e. The van der Waals surface area contributed by atoms with Crippen molar-refractivity contribution < 1.29 is 13.2 Å². The molecule has 0 aliphatic heterocycles. The van der Waals surface area contributed by atoms with Gasteiger partial charge < -0.3 is 11.5 Å². The predicted molar refractivity (Wildman–Crippen MR) is 72.2 cm³/mol. The van der Waals surface area contributed by atoms with Crippen LogP contribution in [0.4, 0.5) is 11.4 Å². The molecule has 1 heterocycles. The van der Waals surface area contributed by atoms with E-state index in [-0.39, 0.29) is 21.8 Å². The second-order valence-corrected chi connectivity index (χ2v) is 5.50. The van der Waals surface area contributed by atoms with Gasteiger partial charge in [0.15, 0.2) is 0 Å². The zero-order valence-corrected chi connectivity index (χ0v) is 11.0. The lowest BCUT2D eigenvalue weighted by Crippen LogP contribution is -2.17. The minimum absolute atomic E-state index is 0.0781. The van der Waals surface area contributed by atoms with Crippen molar-refractivity contribution in [2.45, 2.75) is 4.90 Å². The summed E-state index contributed by atoms with van der Waals surface area (Å²) in [5.41, 5.74) is 11.0. The van der Waals surface area contributed by atoms with E-state index >= 15 is 0 Å². The maximum Gasteiger partial charge on any atom is 0.264 e. The molecule has 9 heteroatoms. The Morgan fingerprint density at radius 3 is 2.40 bits per heavy atom. The zero-order chi connectivity index (χ0) is 14.8. The van der Waals surface area contributed by atoms with E-state index in [2.05, 4.69) is 14.7 Å². The average Bonchev–Trinajstić information content (AvgIpc) is 2.38. The molecule has 0 radical (unpaired) electrons. The van der Waals surface area contributed by atoms with Crippen molar-refractivity contribution in [2.75, 3.05) is 10.5 Å². The Bertz CT molecular complexity index is 746. The van der Waals surface area contributed by atoms with Crippen LogP contribution in [0, 0.1) is 0 Å². The van der Waals surface area contributed by atoms with Gasteiger partial charge in [-0.1, -0.05) is 0 Å². The second kappa shape index (κ2) is 5.13. The lowest BCUT2D eigenvalue weighted by Gasteiger charge is -2.10. The number of carbonyl (C=O) groups excluding carboxylic acids is 1. The van der Waals surface area contributed by atoms with Crippen molar-refractivity contribution in [3.8, 4) is 0 Å². The molecule has 2 aromatic rings.